The molecule has 0 spiro atoms. The Bertz CT molecular complexity index is 937. The Morgan fingerprint density at radius 2 is 1.97 bits per heavy atom. The van der Waals surface area contributed by atoms with Crippen LogP contribution in [0.15, 0.2) is 40.8 Å². The van der Waals surface area contributed by atoms with Gasteiger partial charge in [0, 0.05) is 6.42 Å². The van der Waals surface area contributed by atoms with Crippen molar-refractivity contribution in [3.63, 3.8) is 0 Å². The second-order valence-electron chi connectivity index (χ2n) is 6.98. The Labute approximate surface area is 172 Å². The number of thiophene rings is 1. The Morgan fingerprint density at radius 1 is 1.17 bits per heavy atom. The van der Waals surface area contributed by atoms with E-state index in [1.54, 1.807) is 25.6 Å². The number of ether oxygens (including phenoxy) is 3. The molecule has 8 heteroatoms. The van der Waals surface area contributed by atoms with Crippen molar-refractivity contribution in [2.45, 2.75) is 25.3 Å². The van der Waals surface area contributed by atoms with Crippen LogP contribution >= 0.6 is 11.3 Å². The normalized spacial score (nSPS) is 18.3. The third-order valence-corrected chi connectivity index (χ3v) is 5.93. The van der Waals surface area contributed by atoms with Gasteiger partial charge in [0.15, 0.2) is 18.1 Å². The highest BCUT2D eigenvalue weighted by Gasteiger charge is 2.36. The van der Waals surface area contributed by atoms with Gasteiger partial charge in [-0.25, -0.2) is 5.01 Å². The summed E-state index contributed by atoms with van der Waals surface area (Å²) in [6.45, 7) is -0.305. The molecule has 1 aliphatic heterocycles. The summed E-state index contributed by atoms with van der Waals surface area (Å²) in [6, 6.07) is 9.19. The number of carbonyl (C=O) groups is 2. The van der Waals surface area contributed by atoms with Crippen LogP contribution in [0.2, 0.25) is 0 Å². The number of hydrogen-bond acceptors (Lipinski definition) is 7. The lowest BCUT2D eigenvalue weighted by molar-refractivity contribution is -0.153. The Kier molecular flexibility index (Phi) is 5.53. The van der Waals surface area contributed by atoms with Gasteiger partial charge in [-0.3, -0.25) is 9.59 Å². The van der Waals surface area contributed by atoms with Crippen molar-refractivity contribution in [2.75, 3.05) is 20.8 Å². The van der Waals surface area contributed by atoms with E-state index in [1.807, 2.05) is 35.7 Å². The predicted molar refractivity (Wildman–Crippen MR) is 108 cm³/mol. The number of hydrogen-bond donors (Lipinski definition) is 0. The molecule has 29 heavy (non-hydrogen) atoms. The van der Waals surface area contributed by atoms with E-state index in [-0.39, 0.29) is 30.4 Å². The summed E-state index contributed by atoms with van der Waals surface area (Å²) in [5.41, 5.74) is 1.71. The van der Waals surface area contributed by atoms with Crippen LogP contribution in [0, 0.1) is 5.92 Å². The lowest BCUT2D eigenvalue weighted by atomic mass is 10.0. The fourth-order valence-electron chi connectivity index (χ4n) is 3.29. The molecule has 1 amide bonds. The number of nitrogens with zero attached hydrogens (tertiary/aromatic N) is 2. The van der Waals surface area contributed by atoms with Crippen molar-refractivity contribution in [3.8, 4) is 11.5 Å². The van der Waals surface area contributed by atoms with E-state index >= 15 is 0 Å². The first-order chi connectivity index (χ1) is 14.1. The molecule has 1 aromatic heterocycles. The van der Waals surface area contributed by atoms with Crippen molar-refractivity contribution in [1.82, 2.24) is 5.01 Å². The van der Waals surface area contributed by atoms with E-state index < -0.39 is 0 Å². The molecule has 1 fully saturated rings. The summed E-state index contributed by atoms with van der Waals surface area (Å²) in [6.07, 6.45) is 2.25. The summed E-state index contributed by atoms with van der Waals surface area (Å²) in [4.78, 5) is 25.7. The lowest BCUT2D eigenvalue weighted by Gasteiger charge is -2.22. The molecule has 0 saturated heterocycles. The van der Waals surface area contributed by atoms with E-state index in [1.165, 1.54) is 5.01 Å². The number of carbonyl (C=O) groups excluding carboxylic acids is 2. The molecule has 0 radical (unpaired) electrons. The highest BCUT2D eigenvalue weighted by atomic mass is 32.1. The van der Waals surface area contributed by atoms with Gasteiger partial charge in [0.2, 0.25) is 0 Å². The molecule has 1 saturated carbocycles. The van der Waals surface area contributed by atoms with Gasteiger partial charge in [0.1, 0.15) is 0 Å². The molecule has 152 valence electrons. The van der Waals surface area contributed by atoms with E-state index in [0.29, 0.717) is 17.9 Å². The first kappa shape index (κ1) is 19.4. The van der Waals surface area contributed by atoms with Crippen molar-refractivity contribution < 1.29 is 23.8 Å². The quantitative estimate of drug-likeness (QED) is 0.649. The summed E-state index contributed by atoms with van der Waals surface area (Å²) in [7, 11) is 3.15. The molecular formula is C21H22N2O5S. The van der Waals surface area contributed by atoms with Gasteiger partial charge in [0.05, 0.1) is 36.8 Å². The van der Waals surface area contributed by atoms with Crippen molar-refractivity contribution in [1.29, 1.82) is 0 Å². The maximum atomic E-state index is 12.9. The SMILES string of the molecule is COc1ccc([C@@H]2CC(c3cccs3)=NN2C(=O)COC(=O)C2CC2)cc1OC. The molecule has 1 aliphatic carbocycles. The summed E-state index contributed by atoms with van der Waals surface area (Å²) in [5, 5.41) is 7.98. The zero-order chi connectivity index (χ0) is 20.4. The first-order valence-corrected chi connectivity index (χ1v) is 10.3. The monoisotopic (exact) mass is 414 g/mol. The zero-order valence-electron chi connectivity index (χ0n) is 16.3. The van der Waals surface area contributed by atoms with Gasteiger partial charge in [-0.05, 0) is 42.0 Å². The number of rotatable bonds is 7. The van der Waals surface area contributed by atoms with E-state index in [9.17, 15) is 9.59 Å². The average Bonchev–Trinajstić information content (AvgIpc) is 3.27. The predicted octanol–water partition coefficient (Wildman–Crippen LogP) is 3.40. The molecule has 4 rings (SSSR count). The summed E-state index contributed by atoms with van der Waals surface area (Å²) >= 11 is 1.58. The van der Waals surface area contributed by atoms with Gasteiger partial charge >= 0.3 is 5.97 Å². The van der Waals surface area contributed by atoms with Crippen LogP contribution in [0.5, 0.6) is 11.5 Å². The number of amides is 1. The van der Waals surface area contributed by atoms with Crippen molar-refractivity contribution in [2.24, 2.45) is 11.0 Å². The Balaban J connectivity index is 1.58. The standard InChI is InChI=1S/C21H22N2O5S/c1-26-17-8-7-14(10-18(17)27-2)16-11-15(19-4-3-9-29-19)22-23(16)20(24)12-28-21(25)13-5-6-13/h3-4,7-10,13,16H,5-6,11-12H2,1-2H3/t16-/m0/s1. The molecule has 2 aliphatic rings. The van der Waals surface area contributed by atoms with Gasteiger partial charge in [-0.15, -0.1) is 11.3 Å². The van der Waals surface area contributed by atoms with Crippen LogP contribution in [0.4, 0.5) is 0 Å². The smallest absolute Gasteiger partial charge is 0.309 e. The fraction of sp³-hybridized carbons (Fsp3) is 0.381. The number of benzene rings is 1. The minimum atomic E-state index is -0.342. The van der Waals surface area contributed by atoms with Gasteiger partial charge in [-0.2, -0.15) is 5.10 Å². The minimum Gasteiger partial charge on any atom is -0.493 e. The van der Waals surface area contributed by atoms with E-state index in [4.69, 9.17) is 14.2 Å². The highest BCUT2D eigenvalue weighted by molar-refractivity contribution is 7.12. The largest absolute Gasteiger partial charge is 0.493 e. The summed E-state index contributed by atoms with van der Waals surface area (Å²) < 4.78 is 15.9. The highest BCUT2D eigenvalue weighted by Crippen LogP contribution is 2.38. The average molecular weight is 414 g/mol. The molecule has 2 heterocycles. The molecular weight excluding hydrogens is 392 g/mol. The molecule has 0 N–H and O–H groups in total. The molecule has 7 nitrogen and oxygen atoms in total. The minimum absolute atomic E-state index is 0.0480. The first-order valence-electron chi connectivity index (χ1n) is 9.42. The van der Waals surface area contributed by atoms with Gasteiger partial charge in [0.25, 0.3) is 5.91 Å². The van der Waals surface area contributed by atoms with E-state index in [0.717, 1.165) is 29.0 Å². The topological polar surface area (TPSA) is 77.4 Å². The third kappa shape index (κ3) is 4.12. The molecule has 0 unspecified atom stereocenters. The van der Waals surface area contributed by atoms with Gasteiger partial charge < -0.3 is 14.2 Å². The molecule has 1 atom stereocenters. The van der Waals surface area contributed by atoms with Crippen LogP contribution in [-0.4, -0.2) is 43.4 Å². The van der Waals surface area contributed by atoms with Crippen molar-refractivity contribution in [3.05, 3.63) is 46.2 Å². The van der Waals surface area contributed by atoms with Crippen LogP contribution in [-0.2, 0) is 14.3 Å². The number of hydrazone groups is 1. The fourth-order valence-corrected chi connectivity index (χ4v) is 4.01. The van der Waals surface area contributed by atoms with Gasteiger partial charge in [-0.1, -0.05) is 12.1 Å². The third-order valence-electron chi connectivity index (χ3n) is 5.01. The Morgan fingerprint density at radius 3 is 2.62 bits per heavy atom. The molecule has 2 aromatic rings. The molecule has 0 bridgehead atoms. The summed E-state index contributed by atoms with van der Waals surface area (Å²) in [5.74, 6) is 0.508. The molecule has 1 aromatic carbocycles. The van der Waals surface area contributed by atoms with E-state index in [2.05, 4.69) is 5.10 Å². The van der Waals surface area contributed by atoms with Crippen LogP contribution in [0.3, 0.4) is 0 Å². The maximum absolute atomic E-state index is 12.9. The van der Waals surface area contributed by atoms with Crippen LogP contribution in [0.1, 0.15) is 35.7 Å². The lowest BCUT2D eigenvalue weighted by Crippen LogP contribution is -2.31. The van der Waals surface area contributed by atoms with Crippen LogP contribution < -0.4 is 9.47 Å². The second kappa shape index (κ2) is 8.24. The zero-order valence-corrected chi connectivity index (χ0v) is 17.1. The maximum Gasteiger partial charge on any atom is 0.309 e. The second-order valence-corrected chi connectivity index (χ2v) is 7.93. The Hall–Kier alpha value is -2.87. The number of esters is 1. The number of methoxy groups -OCH3 is 2. The van der Waals surface area contributed by atoms with Crippen LogP contribution in [0.25, 0.3) is 0 Å². The van der Waals surface area contributed by atoms with Crippen molar-refractivity contribution >= 4 is 28.9 Å².